The number of hydrogen-bond donors (Lipinski definition) is 1. The molecule has 0 spiro atoms. The van der Waals surface area contributed by atoms with Gasteiger partial charge in [0.15, 0.2) is 0 Å². The fourth-order valence-electron chi connectivity index (χ4n) is 2.88. The molecule has 4 heteroatoms. The van der Waals surface area contributed by atoms with Crippen molar-refractivity contribution < 1.29 is 4.74 Å². The Morgan fingerprint density at radius 2 is 2.26 bits per heavy atom. The summed E-state index contributed by atoms with van der Waals surface area (Å²) in [6.45, 7) is 7.33. The summed E-state index contributed by atoms with van der Waals surface area (Å²) in [4.78, 5) is 7.07. The Morgan fingerprint density at radius 1 is 1.47 bits per heavy atom. The van der Waals surface area contributed by atoms with E-state index in [0.29, 0.717) is 6.04 Å². The van der Waals surface area contributed by atoms with Gasteiger partial charge in [0, 0.05) is 36.5 Å². The van der Waals surface area contributed by atoms with Crippen molar-refractivity contribution in [2.75, 3.05) is 27.2 Å². The minimum atomic E-state index is 0.612. The average Bonchev–Trinajstić information content (AvgIpc) is 2.43. The Labute approximate surface area is 116 Å². The first-order chi connectivity index (χ1) is 9.15. The van der Waals surface area contributed by atoms with E-state index in [0.717, 1.165) is 36.6 Å². The SMILES string of the molecule is CNC1CCCN(Cc2ncc(C)c(OC)c2C)C1. The lowest BCUT2D eigenvalue weighted by Gasteiger charge is -2.32. The van der Waals surface area contributed by atoms with Crippen LogP contribution >= 0.6 is 0 Å². The Hall–Kier alpha value is -1.13. The van der Waals surface area contributed by atoms with E-state index >= 15 is 0 Å². The van der Waals surface area contributed by atoms with E-state index in [2.05, 4.69) is 22.1 Å². The maximum absolute atomic E-state index is 5.48. The lowest BCUT2D eigenvalue weighted by molar-refractivity contribution is 0.185. The van der Waals surface area contributed by atoms with Gasteiger partial charge in [-0.25, -0.2) is 0 Å². The van der Waals surface area contributed by atoms with E-state index in [9.17, 15) is 0 Å². The highest BCUT2D eigenvalue weighted by Crippen LogP contribution is 2.25. The number of aromatic nitrogens is 1. The molecule has 1 unspecified atom stereocenters. The standard InChI is InChI=1S/C15H25N3O/c1-11-8-17-14(12(2)15(11)19-4)10-18-7-5-6-13(9-18)16-3/h8,13,16H,5-7,9-10H2,1-4H3. The number of likely N-dealkylation sites (N-methyl/N-ethyl adjacent to an activating group) is 1. The molecule has 1 aromatic rings. The van der Waals surface area contributed by atoms with Gasteiger partial charge in [-0.1, -0.05) is 0 Å². The van der Waals surface area contributed by atoms with Gasteiger partial charge < -0.3 is 10.1 Å². The third-order valence-corrected chi connectivity index (χ3v) is 4.04. The molecule has 2 heterocycles. The van der Waals surface area contributed by atoms with Gasteiger partial charge in [0.2, 0.25) is 0 Å². The van der Waals surface area contributed by atoms with Crippen molar-refractivity contribution in [3.05, 3.63) is 23.0 Å². The number of ether oxygens (including phenoxy) is 1. The largest absolute Gasteiger partial charge is 0.496 e. The molecule has 19 heavy (non-hydrogen) atoms. The number of hydrogen-bond acceptors (Lipinski definition) is 4. The van der Waals surface area contributed by atoms with Gasteiger partial charge in [-0.2, -0.15) is 0 Å². The molecule has 0 saturated carbocycles. The second kappa shape index (κ2) is 6.35. The molecule has 2 rings (SSSR count). The van der Waals surface area contributed by atoms with E-state index in [4.69, 9.17) is 4.74 Å². The number of nitrogens with one attached hydrogen (secondary N) is 1. The van der Waals surface area contributed by atoms with Crippen LogP contribution in [-0.2, 0) is 6.54 Å². The van der Waals surface area contributed by atoms with Crippen LogP contribution in [0.3, 0.4) is 0 Å². The minimum Gasteiger partial charge on any atom is -0.496 e. The van der Waals surface area contributed by atoms with E-state index in [1.807, 2.05) is 20.2 Å². The predicted molar refractivity (Wildman–Crippen MR) is 77.6 cm³/mol. The van der Waals surface area contributed by atoms with Gasteiger partial charge in [0.1, 0.15) is 5.75 Å². The van der Waals surface area contributed by atoms with Crippen molar-refractivity contribution in [3.63, 3.8) is 0 Å². The molecule has 4 nitrogen and oxygen atoms in total. The van der Waals surface area contributed by atoms with Crippen LogP contribution in [0.5, 0.6) is 5.75 Å². The van der Waals surface area contributed by atoms with Crippen molar-refractivity contribution in [3.8, 4) is 5.75 Å². The fraction of sp³-hybridized carbons (Fsp3) is 0.667. The summed E-state index contributed by atoms with van der Waals surface area (Å²) in [6, 6.07) is 0.612. The highest BCUT2D eigenvalue weighted by atomic mass is 16.5. The van der Waals surface area contributed by atoms with Gasteiger partial charge >= 0.3 is 0 Å². The highest BCUT2D eigenvalue weighted by molar-refractivity contribution is 5.41. The quantitative estimate of drug-likeness (QED) is 0.900. The van der Waals surface area contributed by atoms with Crippen molar-refractivity contribution in [1.29, 1.82) is 0 Å². The predicted octanol–water partition coefficient (Wildman–Crippen LogP) is 1.89. The fourth-order valence-corrected chi connectivity index (χ4v) is 2.88. The van der Waals surface area contributed by atoms with E-state index in [1.165, 1.54) is 18.4 Å². The van der Waals surface area contributed by atoms with Gasteiger partial charge in [0.05, 0.1) is 12.8 Å². The summed E-state index contributed by atoms with van der Waals surface area (Å²) in [5, 5.41) is 3.38. The molecule has 1 aliphatic heterocycles. The van der Waals surface area contributed by atoms with Crippen LogP contribution in [0.25, 0.3) is 0 Å². The molecule has 0 aliphatic carbocycles. The van der Waals surface area contributed by atoms with Crippen LogP contribution in [0.15, 0.2) is 6.20 Å². The number of aryl methyl sites for hydroxylation is 1. The normalized spacial score (nSPS) is 20.5. The average molecular weight is 263 g/mol. The van der Waals surface area contributed by atoms with Crippen LogP contribution in [0.1, 0.15) is 29.7 Å². The monoisotopic (exact) mass is 263 g/mol. The van der Waals surface area contributed by atoms with E-state index in [-0.39, 0.29) is 0 Å². The maximum atomic E-state index is 5.48. The molecular weight excluding hydrogens is 238 g/mol. The number of rotatable bonds is 4. The number of methoxy groups -OCH3 is 1. The Morgan fingerprint density at radius 3 is 2.95 bits per heavy atom. The molecule has 1 saturated heterocycles. The summed E-state index contributed by atoms with van der Waals surface area (Å²) >= 11 is 0. The Kier molecular flexibility index (Phi) is 4.77. The number of likely N-dealkylation sites (tertiary alicyclic amines) is 1. The van der Waals surface area contributed by atoms with Gasteiger partial charge in [-0.3, -0.25) is 9.88 Å². The maximum Gasteiger partial charge on any atom is 0.128 e. The molecule has 106 valence electrons. The Balaban J connectivity index is 2.10. The zero-order chi connectivity index (χ0) is 13.8. The van der Waals surface area contributed by atoms with E-state index < -0.39 is 0 Å². The van der Waals surface area contributed by atoms with E-state index in [1.54, 1.807) is 7.11 Å². The van der Waals surface area contributed by atoms with Gasteiger partial charge in [0.25, 0.3) is 0 Å². The topological polar surface area (TPSA) is 37.4 Å². The second-order valence-corrected chi connectivity index (χ2v) is 5.41. The van der Waals surface area contributed by atoms with Crippen LogP contribution in [-0.4, -0.2) is 43.2 Å². The second-order valence-electron chi connectivity index (χ2n) is 5.41. The molecule has 1 N–H and O–H groups in total. The molecule has 1 fully saturated rings. The first kappa shape index (κ1) is 14.3. The van der Waals surface area contributed by atoms with Crippen LogP contribution in [0.2, 0.25) is 0 Å². The van der Waals surface area contributed by atoms with Crippen molar-refractivity contribution in [1.82, 2.24) is 15.2 Å². The van der Waals surface area contributed by atoms with Crippen LogP contribution in [0, 0.1) is 13.8 Å². The third-order valence-electron chi connectivity index (χ3n) is 4.04. The zero-order valence-electron chi connectivity index (χ0n) is 12.5. The van der Waals surface area contributed by atoms with Crippen molar-refractivity contribution >= 4 is 0 Å². The lowest BCUT2D eigenvalue weighted by Crippen LogP contribution is -2.44. The summed E-state index contributed by atoms with van der Waals surface area (Å²) in [5.74, 6) is 0.979. The first-order valence-corrected chi connectivity index (χ1v) is 7.04. The van der Waals surface area contributed by atoms with Crippen molar-refractivity contribution in [2.45, 2.75) is 39.3 Å². The molecule has 0 amide bonds. The molecule has 1 aliphatic rings. The first-order valence-electron chi connectivity index (χ1n) is 7.04. The molecule has 0 radical (unpaired) electrons. The molecule has 0 bridgehead atoms. The number of piperidine rings is 1. The molecule has 0 aromatic carbocycles. The smallest absolute Gasteiger partial charge is 0.128 e. The number of pyridine rings is 1. The summed E-state index contributed by atoms with van der Waals surface area (Å²) in [7, 11) is 3.78. The zero-order valence-corrected chi connectivity index (χ0v) is 12.5. The highest BCUT2D eigenvalue weighted by Gasteiger charge is 2.20. The third kappa shape index (κ3) is 3.25. The Bertz CT molecular complexity index is 434. The molecule has 1 aromatic heterocycles. The van der Waals surface area contributed by atoms with Crippen LogP contribution < -0.4 is 10.1 Å². The van der Waals surface area contributed by atoms with Crippen LogP contribution in [0.4, 0.5) is 0 Å². The summed E-state index contributed by atoms with van der Waals surface area (Å²) in [5.41, 5.74) is 3.42. The minimum absolute atomic E-state index is 0.612. The van der Waals surface area contributed by atoms with Gasteiger partial charge in [-0.05, 0) is 40.3 Å². The summed E-state index contributed by atoms with van der Waals surface area (Å²) < 4.78 is 5.48. The van der Waals surface area contributed by atoms with Crippen molar-refractivity contribution in [2.24, 2.45) is 0 Å². The molecular formula is C15H25N3O. The molecule has 1 atom stereocenters. The van der Waals surface area contributed by atoms with Gasteiger partial charge in [-0.15, -0.1) is 0 Å². The number of nitrogens with zero attached hydrogens (tertiary/aromatic N) is 2. The lowest BCUT2D eigenvalue weighted by atomic mass is 10.0. The summed E-state index contributed by atoms with van der Waals surface area (Å²) in [6.07, 6.45) is 4.45.